The van der Waals surface area contributed by atoms with Crippen molar-refractivity contribution in [1.29, 1.82) is 0 Å². The van der Waals surface area contributed by atoms with Crippen LogP contribution in [0.3, 0.4) is 0 Å². The second-order valence-electron chi connectivity index (χ2n) is 7.24. The Morgan fingerprint density at radius 2 is 1.76 bits per heavy atom. The molecule has 1 unspecified atom stereocenters. The molecule has 0 aromatic heterocycles. The Bertz CT molecular complexity index is 1000. The van der Waals surface area contributed by atoms with Crippen molar-refractivity contribution in [3.63, 3.8) is 0 Å². The molecule has 0 aliphatic heterocycles. The quantitative estimate of drug-likeness (QED) is 0.322. The van der Waals surface area contributed by atoms with Crippen LogP contribution in [-0.4, -0.2) is 17.8 Å². The first-order chi connectivity index (χ1) is 14.1. The second kappa shape index (κ2) is 10.0. The molecule has 3 aromatic carbocycles. The van der Waals surface area contributed by atoms with Gasteiger partial charge in [0.2, 0.25) is 0 Å². The smallest absolute Gasteiger partial charge is 0.131 e. The number of hydrogen-bond acceptors (Lipinski definition) is 2. The Kier molecular flexibility index (Phi) is 7.20. The monoisotopic (exact) mass is 390 g/mol. The van der Waals surface area contributed by atoms with E-state index in [2.05, 4.69) is 12.6 Å². The van der Waals surface area contributed by atoms with Gasteiger partial charge in [0.25, 0.3) is 0 Å². The number of unbranched alkanes of at least 4 members (excludes halogenated alkanes) is 1. The topological polar surface area (TPSA) is 29.5 Å². The van der Waals surface area contributed by atoms with E-state index in [-0.39, 0.29) is 11.9 Å². The van der Waals surface area contributed by atoms with E-state index in [1.165, 1.54) is 0 Å². The van der Waals surface area contributed by atoms with Crippen LogP contribution < -0.4 is 4.74 Å². The van der Waals surface area contributed by atoms with Crippen molar-refractivity contribution in [2.45, 2.75) is 32.3 Å². The standard InChI is InChI=1S/C26H27FO2/c1-3-15-29-25-14-13-22-16-21(11-12-23(22)17-25)24-10-9-20(26(27)18-24)8-6-4-5-7-19(2)28/h3,6,8-14,16-19,28H,1,4-5,7,15H2,2H3/b8-6+. The van der Waals surface area contributed by atoms with Gasteiger partial charge in [-0.1, -0.05) is 55.1 Å². The number of allylic oxidation sites excluding steroid dienone is 1. The first-order valence-corrected chi connectivity index (χ1v) is 9.99. The first kappa shape index (κ1) is 20.8. The molecule has 3 heteroatoms. The van der Waals surface area contributed by atoms with Crippen molar-refractivity contribution in [2.24, 2.45) is 0 Å². The molecule has 0 radical (unpaired) electrons. The highest BCUT2D eigenvalue weighted by atomic mass is 19.1. The lowest BCUT2D eigenvalue weighted by atomic mass is 9.99. The molecule has 2 nitrogen and oxygen atoms in total. The van der Waals surface area contributed by atoms with Gasteiger partial charge in [0, 0.05) is 5.56 Å². The third-order valence-electron chi connectivity index (χ3n) is 4.80. The largest absolute Gasteiger partial charge is 0.490 e. The Morgan fingerprint density at radius 3 is 2.52 bits per heavy atom. The van der Waals surface area contributed by atoms with Gasteiger partial charge in [0.1, 0.15) is 18.2 Å². The lowest BCUT2D eigenvalue weighted by Crippen LogP contribution is -1.97. The van der Waals surface area contributed by atoms with E-state index in [0.29, 0.717) is 12.2 Å². The van der Waals surface area contributed by atoms with Crippen LogP contribution in [0.1, 0.15) is 31.7 Å². The molecule has 3 rings (SSSR count). The minimum Gasteiger partial charge on any atom is -0.490 e. The van der Waals surface area contributed by atoms with Crippen LogP contribution in [0, 0.1) is 5.82 Å². The number of fused-ring (bicyclic) bond motifs is 1. The normalized spacial score (nSPS) is 12.4. The maximum Gasteiger partial charge on any atom is 0.131 e. The average Bonchev–Trinajstić information content (AvgIpc) is 2.72. The molecule has 0 aliphatic rings. The molecule has 1 atom stereocenters. The minimum atomic E-state index is -0.285. The maximum atomic E-state index is 14.5. The number of rotatable bonds is 9. The molecule has 3 aromatic rings. The lowest BCUT2D eigenvalue weighted by Gasteiger charge is -2.08. The summed E-state index contributed by atoms with van der Waals surface area (Å²) in [6, 6.07) is 17.4. The van der Waals surface area contributed by atoms with Crippen molar-refractivity contribution in [3.05, 3.63) is 84.7 Å². The molecule has 0 heterocycles. The molecule has 29 heavy (non-hydrogen) atoms. The molecule has 0 fully saturated rings. The third kappa shape index (κ3) is 5.78. The fourth-order valence-electron chi connectivity index (χ4n) is 3.23. The lowest BCUT2D eigenvalue weighted by molar-refractivity contribution is 0.182. The van der Waals surface area contributed by atoms with Gasteiger partial charge in [-0.3, -0.25) is 0 Å². The number of halogens is 1. The van der Waals surface area contributed by atoms with Crippen LogP contribution in [-0.2, 0) is 0 Å². The fourth-order valence-corrected chi connectivity index (χ4v) is 3.23. The molecule has 0 amide bonds. The van der Waals surface area contributed by atoms with Gasteiger partial charge >= 0.3 is 0 Å². The molecule has 0 aliphatic carbocycles. The zero-order chi connectivity index (χ0) is 20.6. The highest BCUT2D eigenvalue weighted by molar-refractivity contribution is 5.88. The van der Waals surface area contributed by atoms with Crippen LogP contribution in [0.25, 0.3) is 28.0 Å². The Balaban J connectivity index is 1.74. The third-order valence-corrected chi connectivity index (χ3v) is 4.80. The zero-order valence-electron chi connectivity index (χ0n) is 16.8. The van der Waals surface area contributed by atoms with Crippen LogP contribution in [0.5, 0.6) is 5.75 Å². The highest BCUT2D eigenvalue weighted by Crippen LogP contribution is 2.28. The van der Waals surface area contributed by atoms with E-state index in [9.17, 15) is 9.50 Å². The van der Waals surface area contributed by atoms with Gasteiger partial charge in [0.15, 0.2) is 0 Å². The van der Waals surface area contributed by atoms with Crippen molar-refractivity contribution >= 4 is 16.8 Å². The van der Waals surface area contributed by atoms with Gasteiger partial charge in [-0.2, -0.15) is 0 Å². The van der Waals surface area contributed by atoms with E-state index >= 15 is 0 Å². The van der Waals surface area contributed by atoms with E-state index in [4.69, 9.17) is 4.74 Å². The summed E-state index contributed by atoms with van der Waals surface area (Å²) in [6.07, 6.45) is 7.69. The number of aliphatic hydroxyl groups excluding tert-OH is 1. The number of benzene rings is 3. The van der Waals surface area contributed by atoms with E-state index in [1.807, 2.05) is 54.6 Å². The predicted octanol–water partition coefficient (Wildman–Crippen LogP) is 6.78. The summed E-state index contributed by atoms with van der Waals surface area (Å²) in [6.45, 7) is 5.92. The van der Waals surface area contributed by atoms with Crippen molar-refractivity contribution < 1.29 is 14.2 Å². The SMILES string of the molecule is C=CCOc1ccc2cc(-c3ccc(/C=C/CCCC(C)O)c(F)c3)ccc2c1. The molecule has 0 saturated heterocycles. The molecule has 0 spiro atoms. The summed E-state index contributed by atoms with van der Waals surface area (Å²) < 4.78 is 20.1. The highest BCUT2D eigenvalue weighted by Gasteiger charge is 2.05. The maximum absolute atomic E-state index is 14.5. The summed E-state index contributed by atoms with van der Waals surface area (Å²) in [5.41, 5.74) is 2.40. The van der Waals surface area contributed by atoms with Gasteiger partial charge in [-0.05, 0) is 72.4 Å². The van der Waals surface area contributed by atoms with Gasteiger partial charge < -0.3 is 9.84 Å². The van der Waals surface area contributed by atoms with Gasteiger partial charge in [0.05, 0.1) is 6.10 Å². The van der Waals surface area contributed by atoms with E-state index < -0.39 is 0 Å². The second-order valence-corrected chi connectivity index (χ2v) is 7.24. The van der Waals surface area contributed by atoms with E-state index in [1.54, 1.807) is 19.1 Å². The van der Waals surface area contributed by atoms with Crippen LogP contribution in [0.4, 0.5) is 4.39 Å². The van der Waals surface area contributed by atoms with Crippen molar-refractivity contribution in [2.75, 3.05) is 6.61 Å². The molecule has 0 bridgehead atoms. The average molecular weight is 390 g/mol. The molecule has 1 N–H and O–H groups in total. The van der Waals surface area contributed by atoms with Gasteiger partial charge in [-0.25, -0.2) is 4.39 Å². The molecular weight excluding hydrogens is 363 g/mol. The predicted molar refractivity (Wildman–Crippen MR) is 120 cm³/mol. The summed E-state index contributed by atoms with van der Waals surface area (Å²) in [5, 5.41) is 11.4. The number of ether oxygens (including phenoxy) is 1. The van der Waals surface area contributed by atoms with E-state index in [0.717, 1.165) is 46.9 Å². The number of hydrogen-bond donors (Lipinski definition) is 1. The summed E-state index contributed by atoms with van der Waals surface area (Å²) in [7, 11) is 0. The fraction of sp³-hybridized carbons (Fsp3) is 0.231. The van der Waals surface area contributed by atoms with Crippen LogP contribution >= 0.6 is 0 Å². The Hall–Kier alpha value is -2.91. The van der Waals surface area contributed by atoms with Gasteiger partial charge in [-0.15, -0.1) is 0 Å². The number of aliphatic hydroxyl groups is 1. The first-order valence-electron chi connectivity index (χ1n) is 9.99. The molecule has 0 saturated carbocycles. The minimum absolute atomic E-state index is 0.234. The summed E-state index contributed by atoms with van der Waals surface area (Å²) in [4.78, 5) is 0. The Morgan fingerprint density at radius 1 is 1.03 bits per heavy atom. The summed E-state index contributed by atoms with van der Waals surface area (Å²) in [5.74, 6) is 0.573. The van der Waals surface area contributed by atoms with Crippen molar-refractivity contribution in [1.82, 2.24) is 0 Å². The Labute approximate surface area is 172 Å². The zero-order valence-corrected chi connectivity index (χ0v) is 16.8. The van der Waals surface area contributed by atoms with Crippen molar-refractivity contribution in [3.8, 4) is 16.9 Å². The molecular formula is C26H27FO2. The van der Waals surface area contributed by atoms with Crippen LogP contribution in [0.2, 0.25) is 0 Å². The molecule has 150 valence electrons. The van der Waals surface area contributed by atoms with Crippen LogP contribution in [0.15, 0.2) is 73.3 Å². The summed E-state index contributed by atoms with van der Waals surface area (Å²) >= 11 is 0.